The Morgan fingerprint density at radius 2 is 2.25 bits per heavy atom. The lowest BCUT2D eigenvalue weighted by Crippen LogP contribution is -2.27. The summed E-state index contributed by atoms with van der Waals surface area (Å²) < 4.78 is 0. The van der Waals surface area contributed by atoms with Gasteiger partial charge in [-0.25, -0.2) is 0 Å². The maximum atomic E-state index is 4.54. The molecule has 0 fully saturated rings. The molecule has 12 heavy (non-hydrogen) atoms. The third kappa shape index (κ3) is 1.87. The highest BCUT2D eigenvalue weighted by molar-refractivity contribution is 5.81. The van der Waals surface area contributed by atoms with Crippen LogP contribution in [0.1, 0.15) is 34.1 Å². The summed E-state index contributed by atoms with van der Waals surface area (Å²) >= 11 is 0. The predicted octanol–water partition coefficient (Wildman–Crippen LogP) is 2.33. The van der Waals surface area contributed by atoms with E-state index in [0.717, 1.165) is 12.3 Å². The van der Waals surface area contributed by atoms with E-state index in [-0.39, 0.29) is 0 Å². The molecular formula is C10H18N2. The molecule has 1 aliphatic heterocycles. The highest BCUT2D eigenvalue weighted by atomic mass is 15.0. The molecule has 0 aliphatic carbocycles. The van der Waals surface area contributed by atoms with Crippen LogP contribution in [-0.2, 0) is 0 Å². The molecule has 0 aromatic heterocycles. The zero-order chi connectivity index (χ0) is 9.14. The fourth-order valence-corrected chi connectivity index (χ4v) is 1.51. The van der Waals surface area contributed by atoms with Crippen molar-refractivity contribution >= 4 is 5.84 Å². The average Bonchev–Trinajstić information content (AvgIpc) is 2.03. The van der Waals surface area contributed by atoms with Gasteiger partial charge in [-0.3, -0.25) is 4.99 Å². The van der Waals surface area contributed by atoms with Gasteiger partial charge in [0.15, 0.2) is 0 Å². The normalized spacial score (nSPS) is 23.2. The highest BCUT2D eigenvalue weighted by Gasteiger charge is 2.17. The number of nitrogens with zero attached hydrogens (tertiary/aromatic N) is 1. The van der Waals surface area contributed by atoms with Crippen molar-refractivity contribution in [1.29, 1.82) is 0 Å². The summed E-state index contributed by atoms with van der Waals surface area (Å²) in [5, 5.41) is 3.17. The summed E-state index contributed by atoms with van der Waals surface area (Å²) in [4.78, 5) is 4.54. The lowest BCUT2D eigenvalue weighted by molar-refractivity contribution is 0.613. The smallest absolute Gasteiger partial charge is 0.0978 e. The minimum absolute atomic E-state index is 0.409. The molecule has 1 aliphatic rings. The molecule has 1 unspecified atom stereocenters. The number of hydrogen-bond acceptors (Lipinski definition) is 2. The van der Waals surface area contributed by atoms with E-state index < -0.39 is 0 Å². The van der Waals surface area contributed by atoms with Gasteiger partial charge in [-0.1, -0.05) is 20.8 Å². The topological polar surface area (TPSA) is 24.4 Å². The van der Waals surface area contributed by atoms with Gasteiger partial charge >= 0.3 is 0 Å². The van der Waals surface area contributed by atoms with Gasteiger partial charge in [0, 0.05) is 6.20 Å². The van der Waals surface area contributed by atoms with Crippen LogP contribution in [-0.4, -0.2) is 11.9 Å². The summed E-state index contributed by atoms with van der Waals surface area (Å²) in [5.41, 5.74) is 1.42. The molecule has 1 N–H and O–H groups in total. The van der Waals surface area contributed by atoms with E-state index >= 15 is 0 Å². The lowest BCUT2D eigenvalue weighted by atomic mass is 9.94. The molecule has 0 radical (unpaired) electrons. The maximum absolute atomic E-state index is 4.54. The van der Waals surface area contributed by atoms with Crippen LogP contribution < -0.4 is 5.32 Å². The molecule has 1 heterocycles. The van der Waals surface area contributed by atoms with E-state index in [4.69, 9.17) is 0 Å². The first kappa shape index (κ1) is 9.30. The van der Waals surface area contributed by atoms with Crippen molar-refractivity contribution in [1.82, 2.24) is 5.32 Å². The molecular weight excluding hydrogens is 148 g/mol. The van der Waals surface area contributed by atoms with E-state index in [2.05, 4.69) is 37.3 Å². The molecule has 1 atom stereocenters. The molecule has 2 nitrogen and oxygen atoms in total. The first-order chi connectivity index (χ1) is 5.65. The van der Waals surface area contributed by atoms with E-state index in [1.165, 1.54) is 5.57 Å². The van der Waals surface area contributed by atoms with Crippen LogP contribution in [0.5, 0.6) is 0 Å². The van der Waals surface area contributed by atoms with Gasteiger partial charge in [-0.15, -0.1) is 0 Å². The molecule has 2 heteroatoms. The number of nitrogens with one attached hydrogen (secondary N) is 1. The van der Waals surface area contributed by atoms with Crippen molar-refractivity contribution in [2.75, 3.05) is 0 Å². The Kier molecular flexibility index (Phi) is 2.90. The molecule has 0 amide bonds. The second kappa shape index (κ2) is 3.74. The van der Waals surface area contributed by atoms with Crippen molar-refractivity contribution in [3.63, 3.8) is 0 Å². The number of hydrogen-bond donors (Lipinski definition) is 1. The number of amidine groups is 1. The summed E-state index contributed by atoms with van der Waals surface area (Å²) in [7, 11) is 0. The third-order valence-corrected chi connectivity index (χ3v) is 2.24. The molecule has 0 bridgehead atoms. The third-order valence-electron chi connectivity index (χ3n) is 2.24. The van der Waals surface area contributed by atoms with E-state index in [1.807, 2.05) is 6.92 Å². The SMILES string of the molecule is CCC1N=C(C)NC=C1C(C)C. The molecule has 0 aromatic rings. The van der Waals surface area contributed by atoms with Crippen molar-refractivity contribution in [2.45, 2.75) is 40.2 Å². The first-order valence-corrected chi connectivity index (χ1v) is 4.66. The van der Waals surface area contributed by atoms with Gasteiger partial charge < -0.3 is 5.32 Å². The standard InChI is InChI=1S/C10H18N2/c1-5-10-9(7(2)3)6-11-8(4)12-10/h6-7,10H,5H2,1-4H3,(H,11,12). The Hall–Kier alpha value is -0.790. The Morgan fingerprint density at radius 1 is 1.58 bits per heavy atom. The zero-order valence-electron chi connectivity index (χ0n) is 8.39. The Labute approximate surface area is 74.8 Å². The van der Waals surface area contributed by atoms with Crippen molar-refractivity contribution in [3.05, 3.63) is 11.8 Å². The van der Waals surface area contributed by atoms with Gasteiger partial charge in [-0.2, -0.15) is 0 Å². The van der Waals surface area contributed by atoms with Gasteiger partial charge in [0.2, 0.25) is 0 Å². The monoisotopic (exact) mass is 166 g/mol. The molecule has 0 spiro atoms. The Balaban J connectivity index is 2.76. The van der Waals surface area contributed by atoms with Crippen LogP contribution in [0.15, 0.2) is 16.8 Å². The largest absolute Gasteiger partial charge is 0.351 e. The highest BCUT2D eigenvalue weighted by Crippen LogP contribution is 2.20. The van der Waals surface area contributed by atoms with Crippen LogP contribution in [0.3, 0.4) is 0 Å². The van der Waals surface area contributed by atoms with E-state index in [0.29, 0.717) is 12.0 Å². The fourth-order valence-electron chi connectivity index (χ4n) is 1.51. The lowest BCUT2D eigenvalue weighted by Gasteiger charge is -2.23. The molecule has 0 aromatic carbocycles. The van der Waals surface area contributed by atoms with Gasteiger partial charge in [0.25, 0.3) is 0 Å². The van der Waals surface area contributed by atoms with Crippen molar-refractivity contribution in [2.24, 2.45) is 10.9 Å². The average molecular weight is 166 g/mol. The van der Waals surface area contributed by atoms with Crippen LogP contribution >= 0.6 is 0 Å². The van der Waals surface area contributed by atoms with Gasteiger partial charge in [0.05, 0.1) is 11.9 Å². The number of aliphatic imine (C=N–C) groups is 1. The summed E-state index contributed by atoms with van der Waals surface area (Å²) in [6.07, 6.45) is 3.21. The van der Waals surface area contributed by atoms with Gasteiger partial charge in [-0.05, 0) is 24.8 Å². The van der Waals surface area contributed by atoms with E-state index in [1.54, 1.807) is 0 Å². The summed E-state index contributed by atoms with van der Waals surface area (Å²) in [5.74, 6) is 1.63. The quantitative estimate of drug-likeness (QED) is 0.669. The maximum Gasteiger partial charge on any atom is 0.0978 e. The Morgan fingerprint density at radius 3 is 2.75 bits per heavy atom. The Bertz CT molecular complexity index is 214. The number of rotatable bonds is 2. The van der Waals surface area contributed by atoms with Crippen molar-refractivity contribution < 1.29 is 0 Å². The molecule has 0 saturated carbocycles. The molecule has 1 rings (SSSR count). The minimum atomic E-state index is 0.409. The molecule has 0 saturated heterocycles. The van der Waals surface area contributed by atoms with Crippen LogP contribution in [0.25, 0.3) is 0 Å². The first-order valence-electron chi connectivity index (χ1n) is 4.66. The molecule has 68 valence electrons. The second-order valence-electron chi connectivity index (χ2n) is 3.58. The van der Waals surface area contributed by atoms with Gasteiger partial charge in [0.1, 0.15) is 0 Å². The van der Waals surface area contributed by atoms with Crippen LogP contribution in [0.2, 0.25) is 0 Å². The zero-order valence-corrected chi connectivity index (χ0v) is 8.39. The summed E-state index contributed by atoms with van der Waals surface area (Å²) in [6.45, 7) is 8.62. The minimum Gasteiger partial charge on any atom is -0.351 e. The van der Waals surface area contributed by atoms with E-state index in [9.17, 15) is 0 Å². The van der Waals surface area contributed by atoms with Crippen molar-refractivity contribution in [3.8, 4) is 0 Å². The fraction of sp³-hybridized carbons (Fsp3) is 0.700. The van der Waals surface area contributed by atoms with Crippen LogP contribution in [0, 0.1) is 5.92 Å². The summed E-state index contributed by atoms with van der Waals surface area (Å²) in [6, 6.07) is 0.409. The predicted molar refractivity (Wildman–Crippen MR) is 53.2 cm³/mol. The second-order valence-corrected chi connectivity index (χ2v) is 3.58. The van der Waals surface area contributed by atoms with Crippen LogP contribution in [0.4, 0.5) is 0 Å².